The highest BCUT2D eigenvalue weighted by Gasteiger charge is 2.31. The number of pyridine rings is 1. The molecule has 2 heterocycles. The van der Waals surface area contributed by atoms with Crippen molar-refractivity contribution in [2.45, 2.75) is 11.1 Å². The third-order valence-electron chi connectivity index (χ3n) is 3.56. The summed E-state index contributed by atoms with van der Waals surface area (Å²) in [6.45, 7) is 0. The molecule has 3 rings (SSSR count). The molecule has 2 aromatic heterocycles. The predicted molar refractivity (Wildman–Crippen MR) is 88.8 cm³/mol. The Morgan fingerprint density at radius 1 is 1.00 bits per heavy atom. The van der Waals surface area contributed by atoms with E-state index in [4.69, 9.17) is 0 Å². The van der Waals surface area contributed by atoms with Crippen molar-refractivity contribution < 1.29 is 21.6 Å². The van der Waals surface area contributed by atoms with E-state index in [2.05, 4.69) is 15.0 Å². The van der Waals surface area contributed by atoms with Gasteiger partial charge in [0, 0.05) is 29.8 Å². The van der Waals surface area contributed by atoms with Gasteiger partial charge >= 0.3 is 6.18 Å². The first-order valence-electron chi connectivity index (χ1n) is 7.31. The van der Waals surface area contributed by atoms with Gasteiger partial charge in [-0.2, -0.15) is 13.2 Å². The van der Waals surface area contributed by atoms with E-state index in [1.807, 2.05) is 0 Å². The van der Waals surface area contributed by atoms with Gasteiger partial charge in [-0.1, -0.05) is 12.1 Å². The fourth-order valence-electron chi connectivity index (χ4n) is 2.33. The van der Waals surface area contributed by atoms with Crippen molar-refractivity contribution in [3.05, 3.63) is 60.6 Å². The average molecular weight is 379 g/mol. The van der Waals surface area contributed by atoms with E-state index >= 15 is 0 Å². The van der Waals surface area contributed by atoms with Gasteiger partial charge in [-0.05, 0) is 24.3 Å². The zero-order valence-electron chi connectivity index (χ0n) is 13.4. The quantitative estimate of drug-likeness (QED) is 0.695. The minimum absolute atomic E-state index is 0.0398. The summed E-state index contributed by atoms with van der Waals surface area (Å²) < 4.78 is 63.1. The van der Waals surface area contributed by atoms with Crippen molar-refractivity contribution in [1.82, 2.24) is 15.0 Å². The number of halogens is 3. The standard InChI is InChI=1S/C17H12F3N3O2S/c1-26(24,25)14-10-22-16(11-5-7-21-8-6-11)23-15(14)12-3-2-4-13(9-12)17(18,19)20/h2-10H,1H3. The molecule has 0 atom stereocenters. The maximum Gasteiger partial charge on any atom is 0.416 e. The van der Waals surface area contributed by atoms with Crippen molar-refractivity contribution in [2.75, 3.05) is 6.26 Å². The molecule has 0 amide bonds. The molecule has 0 aliphatic rings. The molecule has 3 aromatic rings. The van der Waals surface area contributed by atoms with E-state index in [0.717, 1.165) is 24.6 Å². The first-order chi connectivity index (χ1) is 12.2. The van der Waals surface area contributed by atoms with Gasteiger partial charge in [0.05, 0.1) is 17.5 Å². The van der Waals surface area contributed by atoms with Gasteiger partial charge in [-0.25, -0.2) is 18.4 Å². The fraction of sp³-hybridized carbons (Fsp3) is 0.118. The summed E-state index contributed by atoms with van der Waals surface area (Å²) in [4.78, 5) is 11.9. The van der Waals surface area contributed by atoms with Crippen LogP contribution in [0.15, 0.2) is 59.9 Å². The maximum atomic E-state index is 13.0. The Kier molecular flexibility index (Phi) is 4.49. The number of alkyl halides is 3. The second kappa shape index (κ2) is 6.49. The van der Waals surface area contributed by atoms with Crippen LogP contribution < -0.4 is 0 Å². The monoisotopic (exact) mass is 379 g/mol. The van der Waals surface area contributed by atoms with Crippen LogP contribution in [-0.2, 0) is 16.0 Å². The van der Waals surface area contributed by atoms with E-state index in [1.165, 1.54) is 24.5 Å². The summed E-state index contributed by atoms with van der Waals surface area (Å²) >= 11 is 0. The molecule has 9 heteroatoms. The topological polar surface area (TPSA) is 72.8 Å². The van der Waals surface area contributed by atoms with Gasteiger partial charge in [0.2, 0.25) is 0 Å². The fourth-order valence-corrected chi connectivity index (χ4v) is 3.09. The normalized spacial score (nSPS) is 12.2. The number of hydrogen-bond donors (Lipinski definition) is 0. The number of nitrogens with zero attached hydrogens (tertiary/aromatic N) is 3. The molecule has 0 fully saturated rings. The molecule has 0 unspecified atom stereocenters. The highest BCUT2D eigenvalue weighted by Crippen LogP contribution is 2.34. The second-order valence-electron chi connectivity index (χ2n) is 5.49. The number of benzene rings is 1. The summed E-state index contributed by atoms with van der Waals surface area (Å²) in [5.74, 6) is 0.187. The van der Waals surface area contributed by atoms with Crippen LogP contribution in [0.3, 0.4) is 0 Å². The minimum Gasteiger partial charge on any atom is -0.265 e. The minimum atomic E-state index is -4.55. The van der Waals surface area contributed by atoms with Crippen LogP contribution in [0.1, 0.15) is 5.56 Å². The maximum absolute atomic E-state index is 13.0. The Morgan fingerprint density at radius 3 is 2.31 bits per heavy atom. The van der Waals surface area contributed by atoms with Crippen LogP contribution in [0, 0.1) is 0 Å². The zero-order chi connectivity index (χ0) is 18.9. The molecule has 0 saturated heterocycles. The first kappa shape index (κ1) is 18.0. The molecular weight excluding hydrogens is 367 g/mol. The van der Waals surface area contributed by atoms with Crippen LogP contribution >= 0.6 is 0 Å². The number of rotatable bonds is 3. The van der Waals surface area contributed by atoms with Crippen molar-refractivity contribution >= 4 is 9.84 Å². The van der Waals surface area contributed by atoms with E-state index in [0.29, 0.717) is 5.56 Å². The number of aromatic nitrogens is 3. The van der Waals surface area contributed by atoms with Crippen LogP contribution in [0.4, 0.5) is 13.2 Å². The van der Waals surface area contributed by atoms with Gasteiger partial charge in [0.25, 0.3) is 0 Å². The summed E-state index contributed by atoms with van der Waals surface area (Å²) in [5.41, 5.74) is -0.370. The lowest BCUT2D eigenvalue weighted by Crippen LogP contribution is -2.07. The molecule has 0 bridgehead atoms. The van der Waals surface area contributed by atoms with Crippen molar-refractivity contribution in [1.29, 1.82) is 0 Å². The molecular formula is C17H12F3N3O2S. The SMILES string of the molecule is CS(=O)(=O)c1cnc(-c2ccncc2)nc1-c1cccc(C(F)(F)F)c1. The number of sulfone groups is 1. The van der Waals surface area contributed by atoms with Crippen LogP contribution in [0.5, 0.6) is 0 Å². The highest BCUT2D eigenvalue weighted by molar-refractivity contribution is 7.90. The Balaban J connectivity index is 2.24. The summed E-state index contributed by atoms with van der Waals surface area (Å²) in [6.07, 6.45) is 0.519. The predicted octanol–water partition coefficient (Wildman–Crippen LogP) is 3.63. The average Bonchev–Trinajstić information content (AvgIpc) is 2.60. The molecule has 0 aliphatic carbocycles. The zero-order valence-corrected chi connectivity index (χ0v) is 14.2. The van der Waals surface area contributed by atoms with E-state index in [-0.39, 0.29) is 22.0 Å². The van der Waals surface area contributed by atoms with Crippen molar-refractivity contribution in [3.63, 3.8) is 0 Å². The molecule has 0 N–H and O–H groups in total. The van der Waals surface area contributed by atoms with Crippen LogP contribution in [-0.4, -0.2) is 29.6 Å². The summed E-state index contributed by atoms with van der Waals surface area (Å²) in [6, 6.07) is 7.60. The number of hydrogen-bond acceptors (Lipinski definition) is 5. The van der Waals surface area contributed by atoms with E-state index in [1.54, 1.807) is 12.1 Å². The molecule has 5 nitrogen and oxygen atoms in total. The van der Waals surface area contributed by atoms with Crippen molar-refractivity contribution in [2.24, 2.45) is 0 Å². The van der Waals surface area contributed by atoms with Crippen molar-refractivity contribution in [3.8, 4) is 22.6 Å². The molecule has 1 aromatic carbocycles. The molecule has 0 spiro atoms. The first-order valence-corrected chi connectivity index (χ1v) is 9.20. The highest BCUT2D eigenvalue weighted by atomic mass is 32.2. The van der Waals surface area contributed by atoms with Crippen LogP contribution in [0.25, 0.3) is 22.6 Å². The van der Waals surface area contributed by atoms with Gasteiger partial charge in [-0.3, -0.25) is 4.98 Å². The van der Waals surface area contributed by atoms with E-state index in [9.17, 15) is 21.6 Å². The third-order valence-corrected chi connectivity index (χ3v) is 4.65. The van der Waals surface area contributed by atoms with E-state index < -0.39 is 21.6 Å². The summed E-state index contributed by atoms with van der Waals surface area (Å²) in [7, 11) is -3.75. The van der Waals surface area contributed by atoms with Gasteiger partial charge in [0.1, 0.15) is 4.90 Å². The molecule has 26 heavy (non-hydrogen) atoms. The lowest BCUT2D eigenvalue weighted by Gasteiger charge is -2.12. The molecule has 134 valence electrons. The Hall–Kier alpha value is -2.81. The third kappa shape index (κ3) is 3.72. The smallest absolute Gasteiger partial charge is 0.265 e. The lowest BCUT2D eigenvalue weighted by molar-refractivity contribution is -0.137. The summed E-state index contributed by atoms with van der Waals surface area (Å²) in [5, 5.41) is 0. The largest absolute Gasteiger partial charge is 0.416 e. The Morgan fingerprint density at radius 2 is 1.69 bits per heavy atom. The molecule has 0 aliphatic heterocycles. The Labute approximate surface area is 147 Å². The molecule has 0 saturated carbocycles. The Bertz CT molecular complexity index is 1050. The molecule has 0 radical (unpaired) electrons. The van der Waals surface area contributed by atoms with Crippen LogP contribution in [0.2, 0.25) is 0 Å². The van der Waals surface area contributed by atoms with Gasteiger partial charge in [0.15, 0.2) is 15.7 Å². The second-order valence-corrected chi connectivity index (χ2v) is 7.48. The van der Waals surface area contributed by atoms with Gasteiger partial charge < -0.3 is 0 Å². The lowest BCUT2D eigenvalue weighted by atomic mass is 10.1. The van der Waals surface area contributed by atoms with Gasteiger partial charge in [-0.15, -0.1) is 0 Å².